The van der Waals surface area contributed by atoms with Gasteiger partial charge >= 0.3 is 0 Å². The Morgan fingerprint density at radius 1 is 1.33 bits per heavy atom. The normalized spacial score (nSPS) is 20.3. The standard InChI is InChI=1S/C15H22FNO3S/c1-12(2)20-9-10-21(18,19)17-8-7-14(11-17)13-3-5-15(16)6-4-13/h3-6,12,14H,7-11H2,1-2H3. The molecule has 0 aliphatic carbocycles. The van der Waals surface area contributed by atoms with Gasteiger partial charge in [0.05, 0.1) is 18.5 Å². The topological polar surface area (TPSA) is 46.6 Å². The molecule has 4 nitrogen and oxygen atoms in total. The summed E-state index contributed by atoms with van der Waals surface area (Å²) in [7, 11) is -3.27. The molecule has 21 heavy (non-hydrogen) atoms. The Morgan fingerprint density at radius 3 is 2.62 bits per heavy atom. The van der Waals surface area contributed by atoms with Crippen LogP contribution in [0, 0.1) is 5.82 Å². The molecule has 1 aromatic carbocycles. The van der Waals surface area contributed by atoms with Crippen molar-refractivity contribution in [3.05, 3.63) is 35.6 Å². The summed E-state index contributed by atoms with van der Waals surface area (Å²) in [5.74, 6) is -0.111. The molecule has 0 radical (unpaired) electrons. The Labute approximate surface area is 126 Å². The molecule has 0 spiro atoms. The molecule has 1 aromatic rings. The van der Waals surface area contributed by atoms with E-state index in [1.165, 1.54) is 16.4 Å². The molecule has 0 amide bonds. The molecule has 1 saturated heterocycles. The average molecular weight is 315 g/mol. The lowest BCUT2D eigenvalue weighted by Gasteiger charge is -2.17. The van der Waals surface area contributed by atoms with Crippen LogP contribution in [0.1, 0.15) is 31.7 Å². The van der Waals surface area contributed by atoms with Gasteiger partial charge in [-0.2, -0.15) is 0 Å². The zero-order valence-electron chi connectivity index (χ0n) is 12.5. The third kappa shape index (κ3) is 4.49. The zero-order valence-corrected chi connectivity index (χ0v) is 13.3. The van der Waals surface area contributed by atoms with Gasteiger partial charge in [-0.25, -0.2) is 17.1 Å². The van der Waals surface area contributed by atoms with Gasteiger partial charge in [-0.3, -0.25) is 0 Å². The van der Waals surface area contributed by atoms with E-state index in [1.807, 2.05) is 13.8 Å². The molecule has 1 unspecified atom stereocenters. The quantitative estimate of drug-likeness (QED) is 0.809. The highest BCUT2D eigenvalue weighted by atomic mass is 32.2. The van der Waals surface area contributed by atoms with Crippen molar-refractivity contribution < 1.29 is 17.5 Å². The van der Waals surface area contributed by atoms with Gasteiger partial charge in [-0.05, 0) is 43.9 Å². The maximum absolute atomic E-state index is 12.9. The lowest BCUT2D eigenvalue weighted by Crippen LogP contribution is -2.32. The zero-order chi connectivity index (χ0) is 15.5. The van der Waals surface area contributed by atoms with Crippen molar-refractivity contribution in [3.8, 4) is 0 Å². The fraction of sp³-hybridized carbons (Fsp3) is 0.600. The first-order valence-corrected chi connectivity index (χ1v) is 8.84. The largest absolute Gasteiger partial charge is 0.378 e. The Kier molecular flexibility index (Phi) is 5.35. The molecule has 2 rings (SSSR count). The van der Waals surface area contributed by atoms with E-state index >= 15 is 0 Å². The van der Waals surface area contributed by atoms with Crippen molar-refractivity contribution in [2.45, 2.75) is 32.3 Å². The van der Waals surface area contributed by atoms with E-state index in [-0.39, 0.29) is 30.2 Å². The Bertz CT molecular complexity index is 557. The van der Waals surface area contributed by atoms with E-state index in [1.54, 1.807) is 12.1 Å². The monoisotopic (exact) mass is 315 g/mol. The summed E-state index contributed by atoms with van der Waals surface area (Å²) in [6.45, 7) is 4.97. The fourth-order valence-corrected chi connectivity index (χ4v) is 3.86. The second kappa shape index (κ2) is 6.85. The minimum absolute atomic E-state index is 0.0152. The number of hydrogen-bond acceptors (Lipinski definition) is 3. The minimum atomic E-state index is -3.27. The van der Waals surface area contributed by atoms with Crippen molar-refractivity contribution >= 4 is 10.0 Å². The van der Waals surface area contributed by atoms with Crippen LogP contribution in [0.2, 0.25) is 0 Å². The molecule has 6 heteroatoms. The van der Waals surface area contributed by atoms with Gasteiger partial charge in [-0.1, -0.05) is 12.1 Å². The average Bonchev–Trinajstić information content (AvgIpc) is 2.89. The van der Waals surface area contributed by atoms with Crippen LogP contribution in [0.15, 0.2) is 24.3 Å². The van der Waals surface area contributed by atoms with Crippen LogP contribution in [0.4, 0.5) is 4.39 Å². The fourth-order valence-electron chi connectivity index (χ4n) is 2.51. The molecule has 1 atom stereocenters. The summed E-state index contributed by atoms with van der Waals surface area (Å²) in [5.41, 5.74) is 0.993. The summed E-state index contributed by atoms with van der Waals surface area (Å²) >= 11 is 0. The minimum Gasteiger partial charge on any atom is -0.378 e. The van der Waals surface area contributed by atoms with E-state index in [2.05, 4.69) is 0 Å². The van der Waals surface area contributed by atoms with Crippen molar-refractivity contribution in [3.63, 3.8) is 0 Å². The van der Waals surface area contributed by atoms with Crippen molar-refractivity contribution in [1.29, 1.82) is 0 Å². The molecule has 118 valence electrons. The van der Waals surface area contributed by atoms with Crippen LogP contribution < -0.4 is 0 Å². The van der Waals surface area contributed by atoms with Gasteiger partial charge in [0, 0.05) is 13.1 Å². The predicted molar refractivity (Wildman–Crippen MR) is 80.2 cm³/mol. The van der Waals surface area contributed by atoms with E-state index in [0.717, 1.165) is 12.0 Å². The number of halogens is 1. The van der Waals surface area contributed by atoms with Gasteiger partial charge in [0.2, 0.25) is 10.0 Å². The molecule has 0 bridgehead atoms. The summed E-state index contributed by atoms with van der Waals surface area (Å²) in [6, 6.07) is 6.31. The van der Waals surface area contributed by atoms with Crippen LogP contribution >= 0.6 is 0 Å². The third-order valence-corrected chi connectivity index (χ3v) is 5.48. The maximum atomic E-state index is 12.9. The van der Waals surface area contributed by atoms with Crippen LogP contribution in [0.3, 0.4) is 0 Å². The summed E-state index contributed by atoms with van der Waals surface area (Å²) < 4.78 is 44.2. The highest BCUT2D eigenvalue weighted by molar-refractivity contribution is 7.89. The highest BCUT2D eigenvalue weighted by Gasteiger charge is 2.31. The molecule has 0 N–H and O–H groups in total. The first-order chi connectivity index (χ1) is 9.88. The third-order valence-electron chi connectivity index (χ3n) is 3.68. The Morgan fingerprint density at radius 2 is 2.00 bits per heavy atom. The first kappa shape index (κ1) is 16.4. The molecule has 0 saturated carbocycles. The lowest BCUT2D eigenvalue weighted by molar-refractivity contribution is 0.0907. The number of sulfonamides is 1. The van der Waals surface area contributed by atoms with E-state index in [4.69, 9.17) is 4.74 Å². The van der Waals surface area contributed by atoms with Gasteiger partial charge in [0.25, 0.3) is 0 Å². The predicted octanol–water partition coefficient (Wildman–Crippen LogP) is 2.37. The van der Waals surface area contributed by atoms with Crippen molar-refractivity contribution in [1.82, 2.24) is 4.31 Å². The van der Waals surface area contributed by atoms with Gasteiger partial charge in [0.15, 0.2) is 0 Å². The number of nitrogens with zero attached hydrogens (tertiary/aromatic N) is 1. The second-order valence-corrected chi connectivity index (χ2v) is 7.72. The number of ether oxygens (including phenoxy) is 1. The Balaban J connectivity index is 1.93. The van der Waals surface area contributed by atoms with Crippen LogP contribution in [0.5, 0.6) is 0 Å². The SMILES string of the molecule is CC(C)OCCS(=O)(=O)N1CCC(c2ccc(F)cc2)C1. The maximum Gasteiger partial charge on any atom is 0.216 e. The number of hydrogen-bond donors (Lipinski definition) is 0. The van der Waals surface area contributed by atoms with E-state index in [9.17, 15) is 12.8 Å². The van der Waals surface area contributed by atoms with Crippen LogP contribution in [0.25, 0.3) is 0 Å². The van der Waals surface area contributed by atoms with Gasteiger partial charge in [-0.15, -0.1) is 0 Å². The molecule has 1 aliphatic rings. The second-order valence-electron chi connectivity index (χ2n) is 5.63. The molecule has 0 aromatic heterocycles. The van der Waals surface area contributed by atoms with E-state index < -0.39 is 10.0 Å². The molecular formula is C15H22FNO3S. The van der Waals surface area contributed by atoms with E-state index in [0.29, 0.717) is 13.1 Å². The van der Waals surface area contributed by atoms with Gasteiger partial charge in [0.1, 0.15) is 5.82 Å². The molecule has 1 heterocycles. The summed E-state index contributed by atoms with van der Waals surface area (Å²) in [4.78, 5) is 0. The van der Waals surface area contributed by atoms with Crippen molar-refractivity contribution in [2.24, 2.45) is 0 Å². The number of rotatable bonds is 6. The highest BCUT2D eigenvalue weighted by Crippen LogP contribution is 2.29. The summed E-state index contributed by atoms with van der Waals surface area (Å²) in [6.07, 6.45) is 0.807. The smallest absolute Gasteiger partial charge is 0.216 e. The summed E-state index contributed by atoms with van der Waals surface area (Å²) in [5, 5.41) is 0. The Hall–Kier alpha value is -0.980. The van der Waals surface area contributed by atoms with Crippen LogP contribution in [-0.2, 0) is 14.8 Å². The molecule has 1 fully saturated rings. The van der Waals surface area contributed by atoms with Gasteiger partial charge < -0.3 is 4.74 Å². The molecule has 1 aliphatic heterocycles. The van der Waals surface area contributed by atoms with Crippen LogP contribution in [-0.4, -0.2) is 44.3 Å². The number of benzene rings is 1. The first-order valence-electron chi connectivity index (χ1n) is 7.23. The lowest BCUT2D eigenvalue weighted by atomic mass is 9.99. The van der Waals surface area contributed by atoms with Crippen molar-refractivity contribution in [2.75, 3.05) is 25.4 Å². The molecular weight excluding hydrogens is 293 g/mol.